The zero-order valence-corrected chi connectivity index (χ0v) is 21.3. The lowest BCUT2D eigenvalue weighted by atomic mass is 10.1. The van der Waals surface area contributed by atoms with Gasteiger partial charge in [-0.1, -0.05) is 60.4 Å². The Kier molecular flexibility index (Phi) is 8.02. The summed E-state index contributed by atoms with van der Waals surface area (Å²) in [5, 5.41) is 2.82. The first-order valence-corrected chi connectivity index (χ1v) is 12.4. The summed E-state index contributed by atoms with van der Waals surface area (Å²) in [6, 6.07) is 18.6. The second-order valence-electron chi connectivity index (χ2n) is 7.76. The van der Waals surface area contributed by atoms with Gasteiger partial charge in [-0.15, -0.1) is 0 Å². The Labute approximate surface area is 218 Å². The van der Waals surface area contributed by atoms with Gasteiger partial charge in [0, 0.05) is 5.69 Å². The lowest BCUT2D eigenvalue weighted by Gasteiger charge is -2.15. The van der Waals surface area contributed by atoms with E-state index in [0.717, 1.165) is 23.0 Å². The molecule has 6 nitrogen and oxygen atoms in total. The van der Waals surface area contributed by atoms with Crippen molar-refractivity contribution in [3.05, 3.63) is 88.6 Å². The number of hydrogen-bond acceptors (Lipinski definition) is 6. The first-order valence-electron chi connectivity index (χ1n) is 11.1. The second-order valence-corrected chi connectivity index (χ2v) is 9.44. The highest BCUT2D eigenvalue weighted by atomic mass is 32.2. The second kappa shape index (κ2) is 11.4. The molecule has 1 aliphatic heterocycles. The number of para-hydroxylation sites is 2. The standard InChI is InChI=1S/C27H23FN2O4S2/c1-3-33-23-14-18(12-13-22(23)34-16-25(31)29-20-10-6-4-8-17(20)2)15-24-26(32)30(27(35)36-24)21-11-7-5-9-19(21)28/h4-15H,3,16H2,1-2H3,(H,29,31)/b24-15+. The van der Waals surface area contributed by atoms with Gasteiger partial charge in [0.15, 0.2) is 22.4 Å². The Morgan fingerprint density at radius 2 is 1.83 bits per heavy atom. The largest absolute Gasteiger partial charge is 0.490 e. The summed E-state index contributed by atoms with van der Waals surface area (Å²) in [4.78, 5) is 26.9. The van der Waals surface area contributed by atoms with Gasteiger partial charge in [0.25, 0.3) is 11.8 Å². The number of hydrogen-bond donors (Lipinski definition) is 1. The number of thioether (sulfide) groups is 1. The maximum Gasteiger partial charge on any atom is 0.270 e. The summed E-state index contributed by atoms with van der Waals surface area (Å²) in [5.41, 5.74) is 2.46. The van der Waals surface area contributed by atoms with Gasteiger partial charge in [-0.2, -0.15) is 0 Å². The number of nitrogens with one attached hydrogen (secondary N) is 1. The molecule has 3 aromatic carbocycles. The average molecular weight is 523 g/mol. The molecule has 1 heterocycles. The number of amides is 2. The van der Waals surface area contributed by atoms with Crippen molar-refractivity contribution in [1.29, 1.82) is 0 Å². The molecule has 0 spiro atoms. The van der Waals surface area contributed by atoms with Gasteiger partial charge in [0.05, 0.1) is 17.2 Å². The zero-order valence-electron chi connectivity index (χ0n) is 19.6. The molecule has 0 aromatic heterocycles. The smallest absolute Gasteiger partial charge is 0.270 e. The van der Waals surface area contributed by atoms with E-state index in [1.807, 2.05) is 38.1 Å². The third-order valence-electron chi connectivity index (χ3n) is 5.23. The van der Waals surface area contributed by atoms with Crippen molar-refractivity contribution < 1.29 is 23.5 Å². The summed E-state index contributed by atoms with van der Waals surface area (Å²) in [6.45, 7) is 3.92. The summed E-state index contributed by atoms with van der Waals surface area (Å²) < 4.78 is 25.9. The summed E-state index contributed by atoms with van der Waals surface area (Å²) >= 11 is 6.43. The van der Waals surface area contributed by atoms with Crippen molar-refractivity contribution in [3.63, 3.8) is 0 Å². The van der Waals surface area contributed by atoms with E-state index >= 15 is 0 Å². The molecular formula is C27H23FN2O4S2. The minimum Gasteiger partial charge on any atom is -0.490 e. The highest BCUT2D eigenvalue weighted by Gasteiger charge is 2.34. The number of carbonyl (C=O) groups is 2. The van der Waals surface area contributed by atoms with E-state index in [1.54, 1.807) is 36.4 Å². The number of aryl methyl sites for hydroxylation is 1. The van der Waals surface area contributed by atoms with Crippen LogP contribution in [0.5, 0.6) is 11.5 Å². The van der Waals surface area contributed by atoms with E-state index in [2.05, 4.69) is 5.32 Å². The SMILES string of the molecule is CCOc1cc(/C=C2/SC(=S)N(c3ccccc3F)C2=O)ccc1OCC(=O)Nc1ccccc1C. The highest BCUT2D eigenvalue weighted by Crippen LogP contribution is 2.38. The third-order valence-corrected chi connectivity index (χ3v) is 6.53. The zero-order chi connectivity index (χ0) is 25.7. The minimum absolute atomic E-state index is 0.117. The first-order chi connectivity index (χ1) is 17.4. The maximum absolute atomic E-state index is 14.3. The first kappa shape index (κ1) is 25.4. The quantitative estimate of drug-likeness (QED) is 0.291. The van der Waals surface area contributed by atoms with Crippen molar-refractivity contribution in [2.24, 2.45) is 0 Å². The normalized spacial score (nSPS) is 14.3. The molecule has 0 saturated carbocycles. The predicted molar refractivity (Wildman–Crippen MR) is 145 cm³/mol. The number of carbonyl (C=O) groups excluding carboxylic acids is 2. The van der Waals surface area contributed by atoms with Gasteiger partial charge in [-0.3, -0.25) is 14.5 Å². The van der Waals surface area contributed by atoms with Crippen LogP contribution in [0.15, 0.2) is 71.6 Å². The lowest BCUT2D eigenvalue weighted by Crippen LogP contribution is -2.28. The fourth-order valence-corrected chi connectivity index (χ4v) is 4.79. The van der Waals surface area contributed by atoms with Crippen molar-refractivity contribution >= 4 is 57.6 Å². The number of rotatable bonds is 8. The fraction of sp³-hybridized carbons (Fsp3) is 0.148. The van der Waals surface area contributed by atoms with Crippen molar-refractivity contribution in [3.8, 4) is 11.5 Å². The topological polar surface area (TPSA) is 67.9 Å². The molecular weight excluding hydrogens is 499 g/mol. The van der Waals surface area contributed by atoms with E-state index in [9.17, 15) is 14.0 Å². The molecule has 1 saturated heterocycles. The molecule has 0 aliphatic carbocycles. The van der Waals surface area contributed by atoms with Crippen LogP contribution in [0.2, 0.25) is 0 Å². The number of anilines is 2. The van der Waals surface area contributed by atoms with Crippen LogP contribution < -0.4 is 19.7 Å². The number of thiocarbonyl (C=S) groups is 1. The van der Waals surface area contributed by atoms with Gasteiger partial charge >= 0.3 is 0 Å². The molecule has 0 atom stereocenters. The van der Waals surface area contributed by atoms with Crippen molar-refractivity contribution in [2.75, 3.05) is 23.4 Å². The summed E-state index contributed by atoms with van der Waals surface area (Å²) in [5.74, 6) is -0.400. The van der Waals surface area contributed by atoms with E-state index in [1.165, 1.54) is 17.0 Å². The van der Waals surface area contributed by atoms with Gasteiger partial charge in [-0.25, -0.2) is 4.39 Å². The summed E-state index contributed by atoms with van der Waals surface area (Å²) in [6.07, 6.45) is 1.66. The Bertz CT molecular complexity index is 1360. The highest BCUT2D eigenvalue weighted by molar-refractivity contribution is 8.27. The van der Waals surface area contributed by atoms with Gasteiger partial charge < -0.3 is 14.8 Å². The molecule has 0 bridgehead atoms. The van der Waals surface area contributed by atoms with E-state index in [4.69, 9.17) is 21.7 Å². The molecule has 3 aromatic rings. The molecule has 1 N–H and O–H groups in total. The Balaban J connectivity index is 1.49. The number of benzene rings is 3. The van der Waals surface area contributed by atoms with Gasteiger partial charge in [0.2, 0.25) is 0 Å². The number of halogens is 1. The van der Waals surface area contributed by atoms with Crippen LogP contribution in [-0.2, 0) is 9.59 Å². The fourth-order valence-electron chi connectivity index (χ4n) is 3.50. The van der Waals surface area contributed by atoms with E-state index in [-0.39, 0.29) is 22.5 Å². The molecule has 0 unspecified atom stereocenters. The van der Waals surface area contributed by atoms with E-state index < -0.39 is 11.7 Å². The van der Waals surface area contributed by atoms with Crippen LogP contribution in [0, 0.1) is 12.7 Å². The molecule has 4 rings (SSSR count). The Hall–Kier alpha value is -3.69. The van der Waals surface area contributed by atoms with E-state index in [0.29, 0.717) is 28.6 Å². The molecule has 2 amide bonds. The molecule has 1 aliphatic rings. The van der Waals surface area contributed by atoms with Crippen LogP contribution in [0.25, 0.3) is 6.08 Å². The predicted octanol–water partition coefficient (Wildman–Crippen LogP) is 5.96. The maximum atomic E-state index is 14.3. The molecule has 0 radical (unpaired) electrons. The number of nitrogens with zero attached hydrogens (tertiary/aromatic N) is 1. The summed E-state index contributed by atoms with van der Waals surface area (Å²) in [7, 11) is 0. The van der Waals surface area contributed by atoms with Gasteiger partial charge in [0.1, 0.15) is 5.82 Å². The van der Waals surface area contributed by atoms with Crippen LogP contribution in [0.3, 0.4) is 0 Å². The molecule has 1 fully saturated rings. The monoisotopic (exact) mass is 522 g/mol. The average Bonchev–Trinajstić information content (AvgIpc) is 3.13. The molecule has 9 heteroatoms. The third kappa shape index (κ3) is 5.75. The molecule has 184 valence electrons. The van der Waals surface area contributed by atoms with Crippen molar-refractivity contribution in [1.82, 2.24) is 0 Å². The Morgan fingerprint density at radius 1 is 1.08 bits per heavy atom. The minimum atomic E-state index is -0.526. The van der Waals surface area contributed by atoms with Crippen LogP contribution >= 0.6 is 24.0 Å². The Morgan fingerprint density at radius 3 is 2.58 bits per heavy atom. The van der Waals surface area contributed by atoms with Crippen LogP contribution in [0.4, 0.5) is 15.8 Å². The number of ether oxygens (including phenoxy) is 2. The molecule has 36 heavy (non-hydrogen) atoms. The van der Waals surface area contributed by atoms with Gasteiger partial charge in [-0.05, 0) is 61.4 Å². The van der Waals surface area contributed by atoms with Crippen LogP contribution in [-0.4, -0.2) is 29.3 Å². The van der Waals surface area contributed by atoms with Crippen molar-refractivity contribution in [2.45, 2.75) is 13.8 Å². The van der Waals surface area contributed by atoms with Crippen LogP contribution in [0.1, 0.15) is 18.1 Å². The lowest BCUT2D eigenvalue weighted by molar-refractivity contribution is -0.118.